The molecular weight excluding hydrogens is 393 g/mol. The molecule has 0 bridgehead atoms. The number of carbonyl (C=O) groups is 1. The van der Waals surface area contributed by atoms with Gasteiger partial charge in [-0.15, -0.1) is 11.3 Å². The van der Waals surface area contributed by atoms with Crippen molar-refractivity contribution in [3.63, 3.8) is 0 Å². The van der Waals surface area contributed by atoms with Crippen molar-refractivity contribution in [3.05, 3.63) is 69.0 Å². The Labute approximate surface area is 165 Å². The van der Waals surface area contributed by atoms with Crippen molar-refractivity contribution >= 4 is 40.5 Å². The first kappa shape index (κ1) is 18.7. The number of halogens is 2. The summed E-state index contributed by atoms with van der Waals surface area (Å²) in [5.41, 5.74) is 1.77. The zero-order chi connectivity index (χ0) is 18.5. The minimum atomic E-state index is -0.448. The Bertz CT molecular complexity index is 892. The van der Waals surface area contributed by atoms with E-state index in [0.29, 0.717) is 19.9 Å². The van der Waals surface area contributed by atoms with Gasteiger partial charge in [0.2, 0.25) is 5.88 Å². The van der Waals surface area contributed by atoms with Crippen LogP contribution >= 0.6 is 34.5 Å². The number of rotatable bonds is 6. The van der Waals surface area contributed by atoms with Crippen LogP contribution in [0.3, 0.4) is 0 Å². The second-order valence-electron chi connectivity index (χ2n) is 5.30. The van der Waals surface area contributed by atoms with Crippen LogP contribution in [0.1, 0.15) is 22.2 Å². The molecule has 3 aromatic rings. The maximum atomic E-state index is 12.2. The molecule has 0 saturated heterocycles. The Morgan fingerprint density at radius 1 is 1.04 bits per heavy atom. The molecule has 1 heterocycles. The number of hydrogen-bond acceptors (Lipinski definition) is 5. The summed E-state index contributed by atoms with van der Waals surface area (Å²) in [5, 5.41) is 1.95. The summed E-state index contributed by atoms with van der Waals surface area (Å²) in [6, 6.07) is 14.5. The second kappa shape index (κ2) is 8.54. The lowest BCUT2D eigenvalue weighted by Crippen LogP contribution is -2.05. The minimum absolute atomic E-state index is 0.258. The fourth-order valence-corrected chi connectivity index (χ4v) is 3.34. The van der Waals surface area contributed by atoms with E-state index in [1.54, 1.807) is 31.2 Å². The van der Waals surface area contributed by atoms with Gasteiger partial charge >= 0.3 is 5.97 Å². The minimum Gasteiger partial charge on any atom is -0.472 e. The van der Waals surface area contributed by atoms with E-state index in [9.17, 15) is 4.79 Å². The Hall–Kier alpha value is -2.08. The highest BCUT2D eigenvalue weighted by Gasteiger charge is 2.21. The summed E-state index contributed by atoms with van der Waals surface area (Å²) in [6.45, 7) is 2.31. The van der Waals surface area contributed by atoms with Crippen molar-refractivity contribution in [2.45, 2.75) is 13.5 Å². The van der Waals surface area contributed by atoms with Gasteiger partial charge in [-0.25, -0.2) is 9.78 Å². The molecule has 134 valence electrons. The molecule has 0 spiro atoms. The third-order valence-corrected chi connectivity index (χ3v) is 5.01. The molecule has 2 aromatic carbocycles. The van der Waals surface area contributed by atoms with Gasteiger partial charge in [0.15, 0.2) is 4.88 Å². The molecule has 7 heteroatoms. The molecule has 4 nitrogen and oxygen atoms in total. The summed E-state index contributed by atoms with van der Waals surface area (Å²) in [7, 11) is 0. The normalized spacial score (nSPS) is 10.6. The van der Waals surface area contributed by atoms with E-state index >= 15 is 0 Å². The van der Waals surface area contributed by atoms with Crippen LogP contribution in [-0.4, -0.2) is 17.6 Å². The van der Waals surface area contributed by atoms with Crippen molar-refractivity contribution in [1.82, 2.24) is 4.98 Å². The molecular formula is C19H15Cl2NO3S. The van der Waals surface area contributed by atoms with E-state index in [4.69, 9.17) is 32.7 Å². The largest absolute Gasteiger partial charge is 0.472 e. The van der Waals surface area contributed by atoms with E-state index in [0.717, 1.165) is 11.1 Å². The molecule has 0 N–H and O–H groups in total. The highest BCUT2D eigenvalue weighted by Crippen LogP contribution is 2.34. The number of esters is 1. The van der Waals surface area contributed by atoms with Gasteiger partial charge < -0.3 is 9.47 Å². The number of aromatic nitrogens is 1. The standard InChI is InChI=1S/C19H15Cl2NO3S/c1-2-24-19(23)16-17(25-11-12-3-7-14(20)8-4-12)22-18(26-16)13-5-9-15(21)10-6-13/h3-10H,2,11H2,1H3. The lowest BCUT2D eigenvalue weighted by molar-refractivity contribution is 0.0526. The topological polar surface area (TPSA) is 48.4 Å². The summed E-state index contributed by atoms with van der Waals surface area (Å²) in [5.74, 6) is -0.190. The SMILES string of the molecule is CCOC(=O)c1sc(-c2ccc(Cl)cc2)nc1OCc1ccc(Cl)cc1. The average Bonchev–Trinajstić information content (AvgIpc) is 3.06. The van der Waals surface area contributed by atoms with Gasteiger partial charge in [0.1, 0.15) is 11.6 Å². The molecule has 26 heavy (non-hydrogen) atoms. The van der Waals surface area contributed by atoms with Crippen LogP contribution in [0, 0.1) is 0 Å². The second-order valence-corrected chi connectivity index (χ2v) is 7.17. The zero-order valence-corrected chi connectivity index (χ0v) is 16.2. The first-order valence-electron chi connectivity index (χ1n) is 7.88. The Morgan fingerprint density at radius 3 is 2.27 bits per heavy atom. The molecule has 0 saturated carbocycles. The van der Waals surface area contributed by atoms with Gasteiger partial charge in [0.05, 0.1) is 6.61 Å². The Kier molecular flexibility index (Phi) is 6.14. The fraction of sp³-hybridized carbons (Fsp3) is 0.158. The van der Waals surface area contributed by atoms with Crippen molar-refractivity contribution in [1.29, 1.82) is 0 Å². The monoisotopic (exact) mass is 407 g/mol. The van der Waals surface area contributed by atoms with Crippen molar-refractivity contribution in [2.24, 2.45) is 0 Å². The van der Waals surface area contributed by atoms with Crippen LogP contribution in [0.5, 0.6) is 5.88 Å². The van der Waals surface area contributed by atoms with Crippen molar-refractivity contribution < 1.29 is 14.3 Å². The third kappa shape index (κ3) is 4.55. The smallest absolute Gasteiger partial charge is 0.354 e. The molecule has 0 aliphatic rings. The summed E-state index contributed by atoms with van der Waals surface area (Å²) in [4.78, 5) is 17.1. The van der Waals surface area contributed by atoms with E-state index in [1.807, 2.05) is 24.3 Å². The van der Waals surface area contributed by atoms with E-state index in [1.165, 1.54) is 11.3 Å². The van der Waals surface area contributed by atoms with E-state index < -0.39 is 5.97 Å². The zero-order valence-electron chi connectivity index (χ0n) is 13.9. The third-order valence-electron chi connectivity index (χ3n) is 3.44. The van der Waals surface area contributed by atoms with Gasteiger partial charge in [-0.3, -0.25) is 0 Å². The van der Waals surface area contributed by atoms with E-state index in [-0.39, 0.29) is 19.1 Å². The quantitative estimate of drug-likeness (QED) is 0.479. The molecule has 0 aliphatic carbocycles. The summed E-state index contributed by atoms with van der Waals surface area (Å²) in [6.07, 6.45) is 0. The highest BCUT2D eigenvalue weighted by atomic mass is 35.5. The number of nitrogens with zero attached hydrogens (tertiary/aromatic N) is 1. The van der Waals surface area contributed by atoms with Gasteiger partial charge in [-0.1, -0.05) is 47.5 Å². The number of hydrogen-bond donors (Lipinski definition) is 0. The van der Waals surface area contributed by atoms with Crippen LogP contribution in [-0.2, 0) is 11.3 Å². The fourth-order valence-electron chi connectivity index (χ4n) is 2.18. The van der Waals surface area contributed by atoms with Gasteiger partial charge in [-0.05, 0) is 36.8 Å². The predicted octanol–water partition coefficient (Wildman–Crippen LogP) is 5.87. The lowest BCUT2D eigenvalue weighted by Gasteiger charge is -2.05. The van der Waals surface area contributed by atoms with Gasteiger partial charge in [0.25, 0.3) is 0 Å². The number of carbonyl (C=O) groups excluding carboxylic acids is 1. The number of thiazole rings is 1. The maximum absolute atomic E-state index is 12.2. The Balaban J connectivity index is 1.87. The maximum Gasteiger partial charge on any atom is 0.354 e. The van der Waals surface area contributed by atoms with Crippen LogP contribution in [0.25, 0.3) is 10.6 Å². The molecule has 1 aromatic heterocycles. The van der Waals surface area contributed by atoms with E-state index in [2.05, 4.69) is 4.98 Å². The van der Waals surface area contributed by atoms with Crippen LogP contribution in [0.15, 0.2) is 48.5 Å². The van der Waals surface area contributed by atoms with Gasteiger partial charge in [-0.2, -0.15) is 0 Å². The van der Waals surface area contributed by atoms with Crippen molar-refractivity contribution in [3.8, 4) is 16.5 Å². The van der Waals surface area contributed by atoms with Crippen molar-refractivity contribution in [2.75, 3.05) is 6.61 Å². The molecule has 0 unspecified atom stereocenters. The molecule has 0 atom stereocenters. The molecule has 0 fully saturated rings. The summed E-state index contributed by atoms with van der Waals surface area (Å²) >= 11 is 13.1. The lowest BCUT2D eigenvalue weighted by atomic mass is 10.2. The molecule has 0 aliphatic heterocycles. The first-order valence-corrected chi connectivity index (χ1v) is 9.45. The van der Waals surface area contributed by atoms with Gasteiger partial charge in [0, 0.05) is 15.6 Å². The highest BCUT2D eigenvalue weighted by molar-refractivity contribution is 7.17. The average molecular weight is 408 g/mol. The van der Waals surface area contributed by atoms with Crippen LogP contribution in [0.4, 0.5) is 0 Å². The predicted molar refractivity (Wildman–Crippen MR) is 104 cm³/mol. The Morgan fingerprint density at radius 2 is 1.65 bits per heavy atom. The molecule has 0 radical (unpaired) electrons. The summed E-state index contributed by atoms with van der Waals surface area (Å²) < 4.78 is 10.9. The number of benzene rings is 2. The van der Waals surface area contributed by atoms with Crippen LogP contribution < -0.4 is 4.74 Å². The molecule has 0 amide bonds. The first-order chi connectivity index (χ1) is 12.6. The van der Waals surface area contributed by atoms with Crippen LogP contribution in [0.2, 0.25) is 10.0 Å². The number of ether oxygens (including phenoxy) is 2. The molecule has 3 rings (SSSR count).